The molecule has 5 nitrogen and oxygen atoms in total. The van der Waals surface area contributed by atoms with E-state index in [0.717, 1.165) is 156 Å². The van der Waals surface area contributed by atoms with Gasteiger partial charge in [-0.05, 0) is 136 Å². The van der Waals surface area contributed by atoms with E-state index in [0.29, 0.717) is 22.0 Å². The van der Waals surface area contributed by atoms with Gasteiger partial charge >= 0.3 is 6.18 Å². The van der Waals surface area contributed by atoms with Crippen LogP contribution in [0.5, 0.6) is 0 Å². The van der Waals surface area contributed by atoms with Crippen LogP contribution in [-0.4, -0.2) is 4.57 Å². The first-order valence-corrected chi connectivity index (χ1v) is 29.5. The number of aryl methyl sites for hydroxylation is 3. The standard InChI is InChI=1S/C79H50F3N3O2/c1-45-21-4-12-37-63(45)83(67-41-19-32-56-54-30-16-23-47(3)74(54)86-76(56)67)69-43-61-71(51-27-8-6-24-48(51)69)72-52-28-9-7-25-49(52)70(44-62(72)78(61)58-34-11-15-40-66(58)85-65-39-14-10-26-50(65)53-29-17-35-59(78)73(53)85)84(64-38-13-5-22-46(64)2)68-42-20-33-57-55-31-18-36-60(79(80,81)82)75(55)87-77(57)68/h4-44H,1-3H3. The van der Waals surface area contributed by atoms with Gasteiger partial charge in [0.1, 0.15) is 11.2 Å². The molecule has 1 atom stereocenters. The van der Waals surface area contributed by atoms with Crippen molar-refractivity contribution in [3.63, 3.8) is 0 Å². The van der Waals surface area contributed by atoms with Gasteiger partial charge in [0.25, 0.3) is 0 Å². The zero-order valence-corrected chi connectivity index (χ0v) is 47.5. The average Bonchev–Trinajstić information content (AvgIpc) is 1.56. The van der Waals surface area contributed by atoms with Crippen LogP contribution in [-0.2, 0) is 11.6 Å². The molecule has 18 rings (SSSR count). The number of hydrogen-bond donors (Lipinski definition) is 0. The van der Waals surface area contributed by atoms with Gasteiger partial charge < -0.3 is 23.2 Å². The van der Waals surface area contributed by atoms with Crippen molar-refractivity contribution >= 4 is 121 Å². The van der Waals surface area contributed by atoms with E-state index in [2.05, 4.69) is 235 Å². The first kappa shape index (κ1) is 49.6. The van der Waals surface area contributed by atoms with Crippen LogP contribution in [0.2, 0.25) is 0 Å². The lowest BCUT2D eigenvalue weighted by molar-refractivity contribution is -0.136. The Hall–Kier alpha value is -10.8. The Kier molecular flexibility index (Phi) is 10.2. The molecule has 0 bridgehead atoms. The smallest absolute Gasteiger partial charge is 0.420 e. The molecule has 8 heteroatoms. The van der Waals surface area contributed by atoms with Crippen LogP contribution in [0.3, 0.4) is 0 Å². The van der Waals surface area contributed by atoms with Crippen molar-refractivity contribution in [3.8, 4) is 16.8 Å². The second-order valence-corrected chi connectivity index (χ2v) is 23.4. The quantitative estimate of drug-likeness (QED) is 0.166. The predicted octanol–water partition coefficient (Wildman–Crippen LogP) is 22.4. The zero-order valence-electron chi connectivity index (χ0n) is 47.5. The molecule has 1 aliphatic heterocycles. The summed E-state index contributed by atoms with van der Waals surface area (Å²) in [7, 11) is 0. The largest absolute Gasteiger partial charge is 0.454 e. The van der Waals surface area contributed by atoms with Crippen LogP contribution >= 0.6 is 0 Å². The van der Waals surface area contributed by atoms with Crippen molar-refractivity contribution in [1.29, 1.82) is 0 Å². The Morgan fingerprint density at radius 1 is 0.333 bits per heavy atom. The molecule has 2 aliphatic rings. The number of nitrogens with zero attached hydrogens (tertiary/aromatic N) is 3. The monoisotopic (exact) mass is 1130 g/mol. The van der Waals surface area contributed by atoms with Gasteiger partial charge in [-0.3, -0.25) is 0 Å². The highest BCUT2D eigenvalue weighted by atomic mass is 19.4. The minimum absolute atomic E-state index is 0.193. The van der Waals surface area contributed by atoms with Crippen LogP contribution in [0.15, 0.2) is 258 Å². The Labute approximate surface area is 497 Å². The number of benzene rings is 13. The number of alkyl halides is 3. The van der Waals surface area contributed by atoms with E-state index in [1.54, 1.807) is 6.07 Å². The van der Waals surface area contributed by atoms with Crippen molar-refractivity contribution < 1.29 is 22.0 Å². The first-order chi connectivity index (χ1) is 42.6. The fourth-order valence-electron chi connectivity index (χ4n) is 15.4. The number of halogens is 3. The van der Waals surface area contributed by atoms with E-state index in [4.69, 9.17) is 8.83 Å². The molecule has 4 heterocycles. The van der Waals surface area contributed by atoms with Gasteiger partial charge in [0.15, 0.2) is 11.2 Å². The van der Waals surface area contributed by atoms with Crippen molar-refractivity contribution in [2.24, 2.45) is 0 Å². The van der Waals surface area contributed by atoms with Crippen LogP contribution in [0.25, 0.3) is 104 Å². The van der Waals surface area contributed by atoms with E-state index >= 15 is 13.2 Å². The second-order valence-electron chi connectivity index (χ2n) is 23.4. The average molecular weight is 1130 g/mol. The lowest BCUT2D eigenvalue weighted by Gasteiger charge is -2.40. The zero-order chi connectivity index (χ0) is 58.2. The van der Waals surface area contributed by atoms with Crippen molar-refractivity contribution in [2.75, 3.05) is 9.80 Å². The van der Waals surface area contributed by atoms with Crippen LogP contribution in [0.1, 0.15) is 44.5 Å². The first-order valence-electron chi connectivity index (χ1n) is 29.5. The predicted molar refractivity (Wildman–Crippen MR) is 350 cm³/mol. The maximum atomic E-state index is 15.0. The van der Waals surface area contributed by atoms with E-state index in [-0.39, 0.29) is 5.58 Å². The maximum Gasteiger partial charge on any atom is 0.420 e. The minimum atomic E-state index is -4.64. The topological polar surface area (TPSA) is 37.7 Å². The molecule has 3 aromatic heterocycles. The third kappa shape index (κ3) is 6.59. The summed E-state index contributed by atoms with van der Waals surface area (Å²) in [6.07, 6.45) is -4.64. The Balaban J connectivity index is 1.03. The Bertz CT molecular complexity index is 5670. The second kappa shape index (κ2) is 17.9. The normalized spacial score (nSPS) is 14.4. The lowest BCUT2D eigenvalue weighted by Crippen LogP contribution is -2.34. The van der Waals surface area contributed by atoms with Crippen LogP contribution in [0, 0.1) is 20.8 Å². The number of anilines is 6. The lowest BCUT2D eigenvalue weighted by atomic mass is 9.65. The maximum absolute atomic E-state index is 15.0. The van der Waals surface area contributed by atoms with Gasteiger partial charge in [-0.1, -0.05) is 194 Å². The summed E-state index contributed by atoms with van der Waals surface area (Å²) < 4.78 is 61.3. The molecule has 87 heavy (non-hydrogen) atoms. The number of fused-ring (bicyclic) bond motifs is 22. The SMILES string of the molecule is Cc1ccccc1N(c1cc2c(c3ccccc13)-c1c(cc(N(c3ccccc3C)c3cccc4c3oc3c(C(F)(F)F)cccc34)c3ccccc13)C21c2ccccc2-n2c3ccccc3c3cccc1c32)c1cccc2c1oc1c(C)cccc12. The molecule has 16 aromatic rings. The molecule has 0 fully saturated rings. The summed E-state index contributed by atoms with van der Waals surface area (Å²) in [5.41, 5.74) is 18.4. The van der Waals surface area contributed by atoms with E-state index in [1.807, 2.05) is 30.3 Å². The highest BCUT2D eigenvalue weighted by Crippen LogP contribution is 2.66. The highest BCUT2D eigenvalue weighted by molar-refractivity contribution is 6.22. The van der Waals surface area contributed by atoms with E-state index < -0.39 is 17.2 Å². The molecular formula is C79H50F3N3O2. The van der Waals surface area contributed by atoms with E-state index in [1.165, 1.54) is 6.07 Å². The molecule has 1 spiro atoms. The summed E-state index contributed by atoms with van der Waals surface area (Å²) in [5.74, 6) is 0. The molecule has 0 saturated carbocycles. The summed E-state index contributed by atoms with van der Waals surface area (Å²) in [6.45, 7) is 6.38. The molecular weight excluding hydrogens is 1080 g/mol. The molecule has 0 amide bonds. The minimum Gasteiger partial charge on any atom is -0.454 e. The third-order valence-corrected chi connectivity index (χ3v) is 18.9. The van der Waals surface area contributed by atoms with Crippen LogP contribution < -0.4 is 9.80 Å². The van der Waals surface area contributed by atoms with Gasteiger partial charge in [0.2, 0.25) is 0 Å². The van der Waals surface area contributed by atoms with Gasteiger partial charge in [-0.15, -0.1) is 0 Å². The molecule has 414 valence electrons. The molecule has 1 unspecified atom stereocenters. The third-order valence-electron chi connectivity index (χ3n) is 18.9. The summed E-state index contributed by atoms with van der Waals surface area (Å²) in [5, 5.41) is 9.56. The molecule has 0 saturated heterocycles. The fourth-order valence-corrected chi connectivity index (χ4v) is 15.4. The molecule has 13 aromatic carbocycles. The van der Waals surface area contributed by atoms with Crippen molar-refractivity contribution in [2.45, 2.75) is 32.4 Å². The van der Waals surface area contributed by atoms with Crippen LogP contribution in [0.4, 0.5) is 47.3 Å². The number of rotatable bonds is 6. The molecule has 0 N–H and O–H groups in total. The van der Waals surface area contributed by atoms with E-state index in [9.17, 15) is 0 Å². The Morgan fingerprint density at radius 2 is 0.747 bits per heavy atom. The van der Waals surface area contributed by atoms with Gasteiger partial charge in [-0.25, -0.2) is 0 Å². The number of aromatic nitrogens is 1. The van der Waals surface area contributed by atoms with Crippen molar-refractivity contribution in [3.05, 3.63) is 293 Å². The molecule has 1 aliphatic carbocycles. The summed E-state index contributed by atoms with van der Waals surface area (Å²) >= 11 is 0. The number of hydrogen-bond acceptors (Lipinski definition) is 4. The highest BCUT2D eigenvalue weighted by Gasteiger charge is 2.53. The molecule has 0 radical (unpaired) electrons. The Morgan fingerprint density at radius 3 is 1.34 bits per heavy atom. The van der Waals surface area contributed by atoms with Gasteiger partial charge in [0.05, 0.1) is 50.4 Å². The number of furan rings is 2. The fraction of sp³-hybridized carbons (Fsp3) is 0.0633. The summed E-state index contributed by atoms with van der Waals surface area (Å²) in [4.78, 5) is 4.67. The van der Waals surface area contributed by atoms with Gasteiger partial charge in [-0.2, -0.15) is 13.2 Å². The number of para-hydroxylation sites is 9. The van der Waals surface area contributed by atoms with Gasteiger partial charge in [0, 0.05) is 54.5 Å². The summed E-state index contributed by atoms with van der Waals surface area (Å²) in [6, 6.07) is 86.8. The van der Waals surface area contributed by atoms with Crippen molar-refractivity contribution in [1.82, 2.24) is 4.57 Å².